The summed E-state index contributed by atoms with van der Waals surface area (Å²) in [5.41, 5.74) is 3.15. The smallest absolute Gasteiger partial charge is 0.313 e. The summed E-state index contributed by atoms with van der Waals surface area (Å²) in [6.45, 7) is 2.20. The Morgan fingerprint density at radius 2 is 2.00 bits per heavy atom. The van der Waals surface area contributed by atoms with E-state index in [1.54, 1.807) is 25.4 Å². The van der Waals surface area contributed by atoms with E-state index < -0.39 is 11.8 Å². The van der Waals surface area contributed by atoms with Gasteiger partial charge in [0, 0.05) is 24.3 Å². The summed E-state index contributed by atoms with van der Waals surface area (Å²) in [7, 11) is 1.58. The van der Waals surface area contributed by atoms with E-state index in [9.17, 15) is 9.59 Å². The van der Waals surface area contributed by atoms with Gasteiger partial charge in [0.25, 0.3) is 0 Å². The van der Waals surface area contributed by atoms with Gasteiger partial charge >= 0.3 is 11.8 Å². The fraction of sp³-hybridized carbons (Fsp3) is 0.176. The molecule has 3 aromatic rings. The molecule has 1 aromatic carbocycles. The van der Waals surface area contributed by atoms with Crippen molar-refractivity contribution in [1.29, 1.82) is 0 Å². The zero-order valence-corrected chi connectivity index (χ0v) is 14.6. The van der Waals surface area contributed by atoms with E-state index in [1.165, 1.54) is 16.2 Å². The van der Waals surface area contributed by atoms with Crippen LogP contribution in [0.5, 0.6) is 0 Å². The molecule has 8 heteroatoms. The van der Waals surface area contributed by atoms with Gasteiger partial charge in [0.15, 0.2) is 0 Å². The first-order valence-corrected chi connectivity index (χ1v) is 8.48. The third-order valence-corrected chi connectivity index (χ3v) is 4.38. The maximum Gasteiger partial charge on any atom is 0.313 e. The molecule has 3 rings (SSSR count). The molecule has 0 bridgehead atoms. The molecular formula is C17H17N5O2S. The third-order valence-electron chi connectivity index (χ3n) is 3.56. The molecule has 2 heterocycles. The molecular weight excluding hydrogens is 338 g/mol. The van der Waals surface area contributed by atoms with Gasteiger partial charge in [-0.3, -0.25) is 14.7 Å². The molecule has 0 atom stereocenters. The van der Waals surface area contributed by atoms with Crippen molar-refractivity contribution in [2.45, 2.75) is 13.5 Å². The van der Waals surface area contributed by atoms with E-state index in [-0.39, 0.29) is 0 Å². The lowest BCUT2D eigenvalue weighted by Crippen LogP contribution is -2.36. The van der Waals surface area contributed by atoms with E-state index in [4.69, 9.17) is 0 Å². The van der Waals surface area contributed by atoms with Crippen molar-refractivity contribution in [2.75, 3.05) is 12.4 Å². The first kappa shape index (κ1) is 16.8. The average molecular weight is 355 g/mol. The fourth-order valence-electron chi connectivity index (χ4n) is 2.30. The summed E-state index contributed by atoms with van der Waals surface area (Å²) in [6.07, 6.45) is 1.67. The number of amides is 2. The molecule has 0 radical (unpaired) electrons. The number of benzene rings is 1. The lowest BCUT2D eigenvalue weighted by molar-refractivity contribution is -0.142. The van der Waals surface area contributed by atoms with Gasteiger partial charge in [0.05, 0.1) is 22.9 Å². The summed E-state index contributed by atoms with van der Waals surface area (Å²) in [4.78, 5) is 30.0. The van der Waals surface area contributed by atoms with Crippen molar-refractivity contribution in [1.82, 2.24) is 20.1 Å². The number of carbonyl (C=O) groups excluding carboxylic acids is 2. The van der Waals surface area contributed by atoms with Gasteiger partial charge in [-0.05, 0) is 30.7 Å². The molecule has 0 unspecified atom stereocenters. The van der Waals surface area contributed by atoms with Crippen molar-refractivity contribution in [3.8, 4) is 11.3 Å². The molecule has 0 fully saturated rings. The zero-order valence-electron chi connectivity index (χ0n) is 13.8. The second-order valence-corrected chi connectivity index (χ2v) is 6.58. The summed E-state index contributed by atoms with van der Waals surface area (Å²) in [5.74, 6) is -1.29. The quantitative estimate of drug-likeness (QED) is 0.703. The summed E-state index contributed by atoms with van der Waals surface area (Å²) in [5, 5.41) is 12.2. The number of anilines is 1. The van der Waals surface area contributed by atoms with Crippen molar-refractivity contribution in [3.05, 3.63) is 52.6 Å². The Morgan fingerprint density at radius 1 is 1.24 bits per heavy atom. The highest BCUT2D eigenvalue weighted by Gasteiger charge is 2.19. The summed E-state index contributed by atoms with van der Waals surface area (Å²) in [6, 6.07) is 9.02. The lowest BCUT2D eigenvalue weighted by atomic mass is 10.1. The number of thiazole rings is 1. The summed E-state index contributed by atoms with van der Waals surface area (Å²) >= 11 is 1.51. The Morgan fingerprint density at radius 3 is 2.60 bits per heavy atom. The number of likely N-dealkylation sites (N-methyl/N-ethyl adjacent to an activating group) is 1. The van der Waals surface area contributed by atoms with E-state index >= 15 is 0 Å². The summed E-state index contributed by atoms with van der Waals surface area (Å²) < 4.78 is 0. The molecule has 0 aliphatic carbocycles. The number of H-pyrrole nitrogens is 1. The van der Waals surface area contributed by atoms with Gasteiger partial charge in [-0.25, -0.2) is 4.98 Å². The van der Waals surface area contributed by atoms with Crippen LogP contribution in [0.15, 0.2) is 41.9 Å². The second-order valence-electron chi connectivity index (χ2n) is 5.52. The van der Waals surface area contributed by atoms with Crippen molar-refractivity contribution in [2.24, 2.45) is 0 Å². The van der Waals surface area contributed by atoms with Crippen LogP contribution in [-0.2, 0) is 16.1 Å². The van der Waals surface area contributed by atoms with Crippen molar-refractivity contribution < 1.29 is 9.59 Å². The molecule has 0 spiro atoms. The number of aryl methyl sites for hydroxylation is 1. The van der Waals surface area contributed by atoms with Crippen LogP contribution in [0.2, 0.25) is 0 Å². The topological polar surface area (TPSA) is 91.0 Å². The highest BCUT2D eigenvalue weighted by molar-refractivity contribution is 7.09. The average Bonchev–Trinajstić information content (AvgIpc) is 3.26. The van der Waals surface area contributed by atoms with Crippen LogP contribution in [0.25, 0.3) is 11.3 Å². The molecule has 2 amide bonds. The normalized spacial score (nSPS) is 10.5. The second kappa shape index (κ2) is 7.27. The molecule has 7 nitrogen and oxygen atoms in total. The Bertz CT molecular complexity index is 871. The first-order chi connectivity index (χ1) is 12.0. The van der Waals surface area contributed by atoms with E-state index in [0.29, 0.717) is 12.2 Å². The van der Waals surface area contributed by atoms with Crippen LogP contribution in [0.1, 0.15) is 10.7 Å². The van der Waals surface area contributed by atoms with Crippen LogP contribution in [0.4, 0.5) is 5.69 Å². The number of aromatic nitrogens is 3. The molecule has 0 saturated carbocycles. The van der Waals surface area contributed by atoms with Crippen molar-refractivity contribution in [3.63, 3.8) is 0 Å². The predicted octanol–water partition coefficient (Wildman–Crippen LogP) is 2.44. The number of nitrogens with one attached hydrogen (secondary N) is 2. The lowest BCUT2D eigenvalue weighted by Gasteiger charge is -2.15. The highest BCUT2D eigenvalue weighted by atomic mass is 32.1. The maximum absolute atomic E-state index is 12.2. The van der Waals surface area contributed by atoms with Crippen molar-refractivity contribution >= 4 is 28.8 Å². The Balaban J connectivity index is 1.60. The Hall–Kier alpha value is -3.00. The fourth-order valence-corrected chi connectivity index (χ4v) is 2.91. The zero-order chi connectivity index (χ0) is 17.8. The van der Waals surface area contributed by atoms with Gasteiger partial charge < -0.3 is 10.2 Å². The van der Waals surface area contributed by atoms with E-state index in [0.717, 1.165) is 22.0 Å². The number of carbonyl (C=O) groups is 2. The predicted molar refractivity (Wildman–Crippen MR) is 96.0 cm³/mol. The van der Waals surface area contributed by atoms with Crippen LogP contribution in [0, 0.1) is 6.92 Å². The standard InChI is InChI=1S/C17H17N5O2S/c1-11-19-14(10-25-11)9-22(2)17(24)16(23)20-13-5-3-12(4-6-13)15-7-8-18-21-15/h3-8,10H,9H2,1-2H3,(H,18,21)(H,20,23). The minimum absolute atomic E-state index is 0.301. The number of hydrogen-bond acceptors (Lipinski definition) is 5. The van der Waals surface area contributed by atoms with Crippen LogP contribution in [-0.4, -0.2) is 38.9 Å². The van der Waals surface area contributed by atoms with Gasteiger partial charge in [-0.2, -0.15) is 5.10 Å². The Labute approximate surface area is 148 Å². The minimum Gasteiger partial charge on any atom is -0.332 e. The SMILES string of the molecule is Cc1nc(CN(C)C(=O)C(=O)Nc2ccc(-c3ccn[nH]3)cc2)cs1. The molecule has 0 aliphatic heterocycles. The van der Waals surface area contributed by atoms with Crippen LogP contribution < -0.4 is 5.32 Å². The van der Waals surface area contributed by atoms with Gasteiger partial charge in [-0.1, -0.05) is 12.1 Å². The number of aromatic amines is 1. The van der Waals surface area contributed by atoms with E-state index in [1.807, 2.05) is 30.5 Å². The molecule has 128 valence electrons. The highest BCUT2D eigenvalue weighted by Crippen LogP contribution is 2.19. The molecule has 0 saturated heterocycles. The van der Waals surface area contributed by atoms with Gasteiger partial charge in [0.2, 0.25) is 0 Å². The number of hydrogen-bond donors (Lipinski definition) is 2. The number of nitrogens with zero attached hydrogens (tertiary/aromatic N) is 3. The van der Waals surface area contributed by atoms with Gasteiger partial charge in [-0.15, -0.1) is 11.3 Å². The van der Waals surface area contributed by atoms with Crippen LogP contribution in [0.3, 0.4) is 0 Å². The largest absolute Gasteiger partial charge is 0.332 e. The number of rotatable bonds is 4. The molecule has 2 N–H and O–H groups in total. The van der Waals surface area contributed by atoms with Crippen LogP contribution >= 0.6 is 11.3 Å². The molecule has 0 aliphatic rings. The molecule has 2 aromatic heterocycles. The third kappa shape index (κ3) is 4.10. The minimum atomic E-state index is -0.677. The first-order valence-electron chi connectivity index (χ1n) is 7.60. The monoisotopic (exact) mass is 355 g/mol. The molecule has 25 heavy (non-hydrogen) atoms. The Kier molecular flexibility index (Phi) is 4.90. The van der Waals surface area contributed by atoms with E-state index in [2.05, 4.69) is 20.5 Å². The van der Waals surface area contributed by atoms with Gasteiger partial charge in [0.1, 0.15) is 0 Å². The maximum atomic E-state index is 12.2.